The van der Waals surface area contributed by atoms with E-state index in [4.69, 9.17) is 5.73 Å². The van der Waals surface area contributed by atoms with Gasteiger partial charge in [-0.3, -0.25) is 14.4 Å². The number of amides is 3. The van der Waals surface area contributed by atoms with Crippen molar-refractivity contribution in [2.24, 2.45) is 17.6 Å². The molecule has 1 saturated heterocycles. The lowest BCUT2D eigenvalue weighted by Crippen LogP contribution is -2.49. The third-order valence-corrected chi connectivity index (χ3v) is 5.26. The van der Waals surface area contributed by atoms with Gasteiger partial charge in [-0.15, -0.1) is 0 Å². The average Bonchev–Trinajstić information content (AvgIpc) is 3.07. The highest BCUT2D eigenvalue weighted by Gasteiger charge is 2.32. The van der Waals surface area contributed by atoms with E-state index in [1.54, 1.807) is 0 Å². The minimum Gasteiger partial charge on any atom is -0.350 e. The molecule has 7 nitrogen and oxygen atoms in total. The van der Waals surface area contributed by atoms with E-state index in [-0.39, 0.29) is 42.1 Å². The first-order valence-corrected chi connectivity index (χ1v) is 9.50. The van der Waals surface area contributed by atoms with Crippen LogP contribution in [0.1, 0.15) is 52.4 Å². The van der Waals surface area contributed by atoms with Gasteiger partial charge in [-0.1, -0.05) is 33.1 Å². The Kier molecular flexibility index (Phi) is 7.23. The summed E-state index contributed by atoms with van der Waals surface area (Å²) in [6, 6.07) is -0.640. The van der Waals surface area contributed by atoms with Crippen molar-refractivity contribution < 1.29 is 14.4 Å². The Balaban J connectivity index is 1.70. The standard InChI is InChI=1S/C18H32N4O3/c1-12(2)16(19)17(24)20-10-15(23)21-14-8-9-22(11-14)18(25)13-6-4-3-5-7-13/h12-14,16H,3-11,19H2,1-2H3,(H,20,24)(H,21,23)/t14?,16-/m0/s1. The van der Waals surface area contributed by atoms with E-state index < -0.39 is 6.04 Å². The van der Waals surface area contributed by atoms with Crippen molar-refractivity contribution in [1.29, 1.82) is 0 Å². The summed E-state index contributed by atoms with van der Waals surface area (Å²) in [6.45, 7) is 4.92. The van der Waals surface area contributed by atoms with Crippen LogP contribution in [-0.4, -0.2) is 54.3 Å². The Morgan fingerprint density at radius 2 is 1.80 bits per heavy atom. The minimum atomic E-state index is -0.608. The predicted octanol–water partition coefficient (Wildman–Crippen LogP) is 0.383. The van der Waals surface area contributed by atoms with Gasteiger partial charge in [0, 0.05) is 25.0 Å². The maximum atomic E-state index is 12.5. The van der Waals surface area contributed by atoms with Crippen molar-refractivity contribution in [2.75, 3.05) is 19.6 Å². The summed E-state index contributed by atoms with van der Waals surface area (Å²) in [7, 11) is 0. The number of nitrogens with two attached hydrogens (primary N) is 1. The molecule has 2 fully saturated rings. The summed E-state index contributed by atoms with van der Waals surface area (Å²) < 4.78 is 0. The Hall–Kier alpha value is -1.63. The van der Waals surface area contributed by atoms with Crippen molar-refractivity contribution in [3.63, 3.8) is 0 Å². The monoisotopic (exact) mass is 352 g/mol. The SMILES string of the molecule is CC(C)[C@H](N)C(=O)NCC(=O)NC1CCN(C(=O)C2CCCCC2)C1. The molecule has 2 atom stereocenters. The predicted molar refractivity (Wildman–Crippen MR) is 95.5 cm³/mol. The molecule has 4 N–H and O–H groups in total. The normalized spacial score (nSPS) is 22.7. The van der Waals surface area contributed by atoms with Crippen LogP contribution in [0.4, 0.5) is 0 Å². The lowest BCUT2D eigenvalue weighted by molar-refractivity contribution is -0.135. The number of carbonyl (C=O) groups excluding carboxylic acids is 3. The van der Waals surface area contributed by atoms with Gasteiger partial charge in [0.25, 0.3) is 0 Å². The maximum absolute atomic E-state index is 12.5. The first kappa shape index (κ1) is 19.7. The molecule has 7 heteroatoms. The number of nitrogens with one attached hydrogen (secondary N) is 2. The third-order valence-electron chi connectivity index (χ3n) is 5.26. The van der Waals surface area contributed by atoms with E-state index in [9.17, 15) is 14.4 Å². The van der Waals surface area contributed by atoms with E-state index in [1.807, 2.05) is 18.7 Å². The second kappa shape index (κ2) is 9.17. The van der Waals surface area contributed by atoms with Gasteiger partial charge in [-0.25, -0.2) is 0 Å². The Morgan fingerprint density at radius 1 is 1.12 bits per heavy atom. The number of rotatable bonds is 6. The lowest BCUT2D eigenvalue weighted by atomic mass is 9.88. The van der Waals surface area contributed by atoms with E-state index in [0.29, 0.717) is 13.1 Å². The van der Waals surface area contributed by atoms with Crippen LogP contribution in [0.25, 0.3) is 0 Å². The molecule has 1 saturated carbocycles. The molecule has 0 bridgehead atoms. The molecule has 0 spiro atoms. The van der Waals surface area contributed by atoms with Gasteiger partial charge in [-0.2, -0.15) is 0 Å². The van der Waals surface area contributed by atoms with Gasteiger partial charge in [0.05, 0.1) is 12.6 Å². The van der Waals surface area contributed by atoms with Gasteiger partial charge in [0.15, 0.2) is 0 Å². The molecule has 1 heterocycles. The smallest absolute Gasteiger partial charge is 0.239 e. The van der Waals surface area contributed by atoms with Gasteiger partial charge in [-0.05, 0) is 25.2 Å². The van der Waals surface area contributed by atoms with Crippen molar-refractivity contribution in [2.45, 2.75) is 64.5 Å². The zero-order chi connectivity index (χ0) is 18.4. The zero-order valence-corrected chi connectivity index (χ0v) is 15.4. The Bertz CT molecular complexity index is 489. The summed E-state index contributed by atoms with van der Waals surface area (Å²) in [6.07, 6.45) is 6.27. The molecule has 0 radical (unpaired) electrons. The fourth-order valence-electron chi connectivity index (χ4n) is 3.55. The Labute approximate surface area is 150 Å². The molecule has 1 aliphatic heterocycles. The fourth-order valence-corrected chi connectivity index (χ4v) is 3.55. The summed E-state index contributed by atoms with van der Waals surface area (Å²) in [4.78, 5) is 38.2. The molecular weight excluding hydrogens is 320 g/mol. The summed E-state index contributed by atoms with van der Waals surface area (Å²) in [5.74, 6) is -0.114. The van der Waals surface area contributed by atoms with E-state index in [1.165, 1.54) is 6.42 Å². The molecule has 1 aliphatic carbocycles. The van der Waals surface area contributed by atoms with E-state index in [2.05, 4.69) is 10.6 Å². The second-order valence-electron chi connectivity index (χ2n) is 7.66. The van der Waals surface area contributed by atoms with E-state index in [0.717, 1.165) is 32.1 Å². The topological polar surface area (TPSA) is 105 Å². The number of hydrogen-bond acceptors (Lipinski definition) is 4. The number of hydrogen-bond donors (Lipinski definition) is 3. The third kappa shape index (κ3) is 5.70. The highest BCUT2D eigenvalue weighted by atomic mass is 16.2. The summed E-state index contributed by atoms with van der Waals surface area (Å²) in [5, 5.41) is 5.47. The highest BCUT2D eigenvalue weighted by Crippen LogP contribution is 2.26. The summed E-state index contributed by atoms with van der Waals surface area (Å²) >= 11 is 0. The second-order valence-corrected chi connectivity index (χ2v) is 7.66. The van der Waals surface area contributed by atoms with Crippen LogP contribution >= 0.6 is 0 Å². The van der Waals surface area contributed by atoms with Crippen LogP contribution in [0.3, 0.4) is 0 Å². The highest BCUT2D eigenvalue weighted by molar-refractivity contribution is 5.87. The number of likely N-dealkylation sites (tertiary alicyclic amines) is 1. The van der Waals surface area contributed by atoms with Crippen molar-refractivity contribution in [3.05, 3.63) is 0 Å². The van der Waals surface area contributed by atoms with Gasteiger partial charge in [0.2, 0.25) is 17.7 Å². The largest absolute Gasteiger partial charge is 0.350 e. The molecule has 3 amide bonds. The molecule has 1 unspecified atom stereocenters. The van der Waals surface area contributed by atoms with Gasteiger partial charge in [0.1, 0.15) is 0 Å². The molecule has 25 heavy (non-hydrogen) atoms. The molecule has 0 aromatic heterocycles. The fraction of sp³-hybridized carbons (Fsp3) is 0.833. The lowest BCUT2D eigenvalue weighted by Gasteiger charge is -2.26. The van der Waals surface area contributed by atoms with E-state index >= 15 is 0 Å². The van der Waals surface area contributed by atoms with Crippen molar-refractivity contribution in [3.8, 4) is 0 Å². The average molecular weight is 352 g/mol. The van der Waals surface area contributed by atoms with Crippen LogP contribution in [0, 0.1) is 11.8 Å². The molecule has 142 valence electrons. The first-order valence-electron chi connectivity index (χ1n) is 9.50. The first-order chi connectivity index (χ1) is 11.9. The number of carbonyl (C=O) groups is 3. The molecule has 0 aromatic carbocycles. The van der Waals surface area contributed by atoms with Crippen LogP contribution in [0.5, 0.6) is 0 Å². The maximum Gasteiger partial charge on any atom is 0.239 e. The van der Waals surface area contributed by atoms with Gasteiger partial charge < -0.3 is 21.3 Å². The molecule has 0 aromatic rings. The van der Waals surface area contributed by atoms with Gasteiger partial charge >= 0.3 is 0 Å². The van der Waals surface area contributed by atoms with Crippen LogP contribution < -0.4 is 16.4 Å². The van der Waals surface area contributed by atoms with Crippen LogP contribution in [-0.2, 0) is 14.4 Å². The molecule has 2 aliphatic rings. The van der Waals surface area contributed by atoms with Crippen LogP contribution in [0.2, 0.25) is 0 Å². The van der Waals surface area contributed by atoms with Crippen LogP contribution in [0.15, 0.2) is 0 Å². The van der Waals surface area contributed by atoms with Crippen molar-refractivity contribution >= 4 is 17.7 Å². The Morgan fingerprint density at radius 3 is 2.44 bits per heavy atom. The quantitative estimate of drug-likeness (QED) is 0.643. The van der Waals surface area contributed by atoms with Crippen molar-refractivity contribution in [1.82, 2.24) is 15.5 Å². The molecule has 2 rings (SSSR count). The summed E-state index contributed by atoms with van der Waals surface area (Å²) in [5.41, 5.74) is 5.74. The minimum absolute atomic E-state index is 0.0252. The zero-order valence-electron chi connectivity index (χ0n) is 15.4. The number of nitrogens with zero attached hydrogens (tertiary/aromatic N) is 1. The molecular formula is C18H32N4O3.